The number of thioether (sulfide) groups is 1. The summed E-state index contributed by atoms with van der Waals surface area (Å²) in [6, 6.07) is 4.24. The Morgan fingerprint density at radius 1 is 1.50 bits per heavy atom. The van der Waals surface area contributed by atoms with Crippen LogP contribution < -0.4 is 39.4 Å². The van der Waals surface area contributed by atoms with Gasteiger partial charge in [-0.25, -0.2) is 4.79 Å². The molecule has 1 heterocycles. The molecule has 1 atom stereocenters. The number of aliphatic imine (C=N–C) groups is 1. The molecule has 7 nitrogen and oxygen atoms in total. The van der Waals surface area contributed by atoms with Crippen molar-refractivity contribution >= 4 is 28.7 Å². The topological polar surface area (TPSA) is 119 Å². The minimum atomic E-state index is -1.31. The quantitative estimate of drug-likeness (QED) is 0.547. The van der Waals surface area contributed by atoms with Crippen molar-refractivity contribution in [3.05, 3.63) is 23.8 Å². The first-order valence-corrected chi connectivity index (χ1v) is 6.92. The van der Waals surface area contributed by atoms with Crippen molar-refractivity contribution in [3.63, 3.8) is 0 Å². The van der Waals surface area contributed by atoms with Gasteiger partial charge < -0.3 is 24.9 Å². The number of rotatable bonds is 5. The number of aromatic hydroxyl groups is 1. The summed E-state index contributed by atoms with van der Waals surface area (Å²) < 4.78 is 4.93. The first-order valence-electron chi connectivity index (χ1n) is 5.94. The summed E-state index contributed by atoms with van der Waals surface area (Å²) in [5.41, 5.74) is -0.946. The molecule has 112 valence electrons. The second kappa shape index (κ2) is 7.36. The first-order chi connectivity index (χ1) is 9.82. The van der Waals surface area contributed by atoms with Gasteiger partial charge in [-0.05, 0) is 19.1 Å². The van der Waals surface area contributed by atoms with Gasteiger partial charge in [0.1, 0.15) is 22.1 Å². The van der Waals surface area contributed by atoms with Crippen molar-refractivity contribution in [3.8, 4) is 11.5 Å². The monoisotopic (exact) mass is 333 g/mol. The number of carbonyl (C=O) groups excluding carboxylic acids is 1. The number of aliphatic carboxylic acids is 2. The normalized spacial score (nSPS) is 20.0. The molecule has 22 heavy (non-hydrogen) atoms. The number of phenolic OH excluding ortho intramolecular Hbond substituents is 1. The van der Waals surface area contributed by atoms with E-state index < -0.39 is 24.1 Å². The summed E-state index contributed by atoms with van der Waals surface area (Å²) in [7, 11) is 0. The third-order valence-corrected chi connectivity index (χ3v) is 4.13. The van der Waals surface area contributed by atoms with Gasteiger partial charge in [0.25, 0.3) is 0 Å². The van der Waals surface area contributed by atoms with Crippen LogP contribution in [0.2, 0.25) is 0 Å². The molecule has 0 bridgehead atoms. The van der Waals surface area contributed by atoms with Crippen LogP contribution in [0.4, 0.5) is 0 Å². The SMILES string of the molecule is C[C@]1(C(=O)[O-])CSC(c2ccc(OCC(=O)O)cc2O)=N1.[Na+]. The number of benzene rings is 1. The van der Waals surface area contributed by atoms with Gasteiger partial charge in [0.15, 0.2) is 6.61 Å². The fourth-order valence-electron chi connectivity index (χ4n) is 1.67. The Morgan fingerprint density at radius 3 is 2.68 bits per heavy atom. The van der Waals surface area contributed by atoms with Crippen molar-refractivity contribution in [2.75, 3.05) is 12.4 Å². The zero-order valence-electron chi connectivity index (χ0n) is 12.0. The maximum Gasteiger partial charge on any atom is 1.00 e. The molecule has 0 aromatic heterocycles. The van der Waals surface area contributed by atoms with E-state index in [-0.39, 0.29) is 46.8 Å². The standard InChI is InChI=1S/C13H13NO6S.Na/c1-13(12(18)19)6-21-11(14-13)8-3-2-7(4-9(8)15)20-5-10(16)17;/h2-4,15H,5-6H2,1H3,(H,16,17)(H,18,19);/q;+1/p-1/t13-;/m1./s1. The van der Waals surface area contributed by atoms with E-state index in [1.54, 1.807) is 0 Å². The summed E-state index contributed by atoms with van der Waals surface area (Å²) >= 11 is 1.20. The van der Waals surface area contributed by atoms with Gasteiger partial charge in [-0.2, -0.15) is 0 Å². The summed E-state index contributed by atoms with van der Waals surface area (Å²) in [5.74, 6) is -2.14. The average molecular weight is 333 g/mol. The number of carboxylic acid groups (broad SMARTS) is 2. The van der Waals surface area contributed by atoms with E-state index in [1.807, 2.05) is 0 Å². The Morgan fingerprint density at radius 2 is 2.18 bits per heavy atom. The van der Waals surface area contributed by atoms with Crippen molar-refractivity contribution in [1.29, 1.82) is 0 Å². The van der Waals surface area contributed by atoms with E-state index in [0.717, 1.165) is 0 Å². The minimum Gasteiger partial charge on any atom is -0.547 e. The molecule has 0 unspecified atom stereocenters. The fourth-order valence-corrected chi connectivity index (χ4v) is 2.86. The third-order valence-electron chi connectivity index (χ3n) is 2.84. The maximum atomic E-state index is 11.0. The molecule has 2 N–H and O–H groups in total. The Labute approximate surface area is 152 Å². The van der Waals surface area contributed by atoms with Crippen molar-refractivity contribution in [2.45, 2.75) is 12.5 Å². The van der Waals surface area contributed by atoms with Gasteiger partial charge in [-0.15, -0.1) is 11.8 Å². The molecule has 9 heteroatoms. The van der Waals surface area contributed by atoms with Crippen LogP contribution in [0.1, 0.15) is 12.5 Å². The Balaban J connectivity index is 0.00000242. The molecule has 1 aliphatic rings. The van der Waals surface area contributed by atoms with Crippen LogP contribution in [0.25, 0.3) is 0 Å². The van der Waals surface area contributed by atoms with Crippen LogP contribution >= 0.6 is 11.8 Å². The van der Waals surface area contributed by atoms with Crippen molar-refractivity contribution < 1.29 is 59.2 Å². The molecular formula is C13H12NNaO6S. The largest absolute Gasteiger partial charge is 1.00 e. The summed E-state index contributed by atoms with van der Waals surface area (Å²) in [6.07, 6.45) is 0. The predicted octanol–water partition coefficient (Wildman–Crippen LogP) is -3.14. The van der Waals surface area contributed by atoms with Gasteiger partial charge >= 0.3 is 35.5 Å². The number of hydrogen-bond donors (Lipinski definition) is 2. The van der Waals surface area contributed by atoms with Crippen LogP contribution in [-0.2, 0) is 9.59 Å². The van der Waals surface area contributed by atoms with E-state index in [0.29, 0.717) is 10.6 Å². The number of carbonyl (C=O) groups is 2. The number of ether oxygens (including phenoxy) is 1. The number of carboxylic acids is 2. The number of nitrogens with zero attached hydrogens (tertiary/aromatic N) is 1. The number of hydrogen-bond acceptors (Lipinski definition) is 7. The van der Waals surface area contributed by atoms with Gasteiger partial charge in [0, 0.05) is 17.4 Å². The number of phenols is 1. The fraction of sp³-hybridized carbons (Fsp3) is 0.308. The second-order valence-corrected chi connectivity index (χ2v) is 5.59. The smallest absolute Gasteiger partial charge is 0.547 e. The molecule has 0 aliphatic carbocycles. The van der Waals surface area contributed by atoms with Crippen LogP contribution in [0.3, 0.4) is 0 Å². The molecule has 1 aliphatic heterocycles. The molecule has 0 amide bonds. The van der Waals surface area contributed by atoms with Crippen LogP contribution in [0.15, 0.2) is 23.2 Å². The Kier molecular flexibility index (Phi) is 6.30. The van der Waals surface area contributed by atoms with Crippen LogP contribution in [-0.4, -0.2) is 45.1 Å². The predicted molar refractivity (Wildman–Crippen MR) is 73.6 cm³/mol. The molecule has 1 aromatic carbocycles. The Bertz CT molecular complexity index is 635. The molecular weight excluding hydrogens is 321 g/mol. The van der Waals surface area contributed by atoms with E-state index >= 15 is 0 Å². The van der Waals surface area contributed by atoms with Gasteiger partial charge in [0.05, 0.1) is 5.97 Å². The van der Waals surface area contributed by atoms with Crippen molar-refractivity contribution in [2.24, 2.45) is 4.99 Å². The minimum absolute atomic E-state index is 0. The van der Waals surface area contributed by atoms with Gasteiger partial charge in [-0.1, -0.05) is 0 Å². The molecule has 0 spiro atoms. The van der Waals surface area contributed by atoms with Crippen LogP contribution in [0.5, 0.6) is 11.5 Å². The third kappa shape index (κ3) is 4.16. The van der Waals surface area contributed by atoms with Gasteiger partial charge in [-0.3, -0.25) is 4.99 Å². The first kappa shape index (κ1) is 18.8. The van der Waals surface area contributed by atoms with Crippen LogP contribution in [0, 0.1) is 0 Å². The molecule has 1 aromatic rings. The Hall–Kier alpha value is -1.22. The average Bonchev–Trinajstić information content (AvgIpc) is 2.80. The van der Waals surface area contributed by atoms with E-state index in [2.05, 4.69) is 4.99 Å². The van der Waals surface area contributed by atoms with Gasteiger partial charge in [0.2, 0.25) is 0 Å². The molecule has 0 saturated carbocycles. The second-order valence-electron chi connectivity index (χ2n) is 4.63. The van der Waals surface area contributed by atoms with E-state index in [4.69, 9.17) is 9.84 Å². The zero-order chi connectivity index (χ0) is 15.6. The summed E-state index contributed by atoms with van der Waals surface area (Å²) in [6.45, 7) is 0.932. The van der Waals surface area contributed by atoms with E-state index in [1.165, 1.54) is 36.9 Å². The summed E-state index contributed by atoms with van der Waals surface area (Å²) in [5, 5.41) is 29.9. The zero-order valence-corrected chi connectivity index (χ0v) is 14.8. The summed E-state index contributed by atoms with van der Waals surface area (Å²) in [4.78, 5) is 25.5. The van der Waals surface area contributed by atoms with Crippen molar-refractivity contribution in [1.82, 2.24) is 0 Å². The molecule has 0 radical (unpaired) electrons. The molecule has 2 rings (SSSR count). The molecule has 0 fully saturated rings. The molecule has 0 saturated heterocycles. The van der Waals surface area contributed by atoms with E-state index in [9.17, 15) is 19.8 Å². The maximum absolute atomic E-state index is 11.0.